The van der Waals surface area contributed by atoms with Gasteiger partial charge in [-0.05, 0) is 49.3 Å². The summed E-state index contributed by atoms with van der Waals surface area (Å²) in [6.45, 7) is 4.74. The van der Waals surface area contributed by atoms with E-state index in [2.05, 4.69) is 53.6 Å². The van der Waals surface area contributed by atoms with Crippen LogP contribution in [0.15, 0.2) is 36.9 Å². The van der Waals surface area contributed by atoms with Gasteiger partial charge in [-0.15, -0.1) is 10.2 Å². The van der Waals surface area contributed by atoms with E-state index >= 15 is 0 Å². The maximum atomic E-state index is 3.85. The fourth-order valence-electron chi connectivity index (χ4n) is 3.00. The molecule has 20 heavy (non-hydrogen) atoms. The number of nitrogens with zero attached hydrogens (tertiary/aromatic N) is 3. The van der Waals surface area contributed by atoms with Crippen LogP contribution in [0, 0.1) is 11.8 Å². The highest BCUT2D eigenvalue weighted by Crippen LogP contribution is 2.31. The highest BCUT2D eigenvalue weighted by atomic mass is 15.2. The van der Waals surface area contributed by atoms with Gasteiger partial charge in [-0.3, -0.25) is 4.57 Å². The van der Waals surface area contributed by atoms with Gasteiger partial charge in [0.1, 0.15) is 12.7 Å². The highest BCUT2D eigenvalue weighted by molar-refractivity contribution is 5.51. The Morgan fingerprint density at radius 1 is 1.10 bits per heavy atom. The molecular formula is C16H22N4. The average molecular weight is 270 g/mol. The predicted molar refractivity (Wildman–Crippen MR) is 80.9 cm³/mol. The minimum atomic E-state index is 0.595. The Morgan fingerprint density at radius 2 is 1.90 bits per heavy atom. The molecule has 1 aromatic heterocycles. The Kier molecular flexibility index (Phi) is 3.72. The molecule has 106 valence electrons. The van der Waals surface area contributed by atoms with Crippen LogP contribution in [0.25, 0.3) is 5.69 Å². The summed E-state index contributed by atoms with van der Waals surface area (Å²) in [5.74, 6) is 1.67. The van der Waals surface area contributed by atoms with E-state index in [4.69, 9.17) is 0 Å². The van der Waals surface area contributed by atoms with Gasteiger partial charge >= 0.3 is 0 Å². The zero-order valence-electron chi connectivity index (χ0n) is 12.2. The molecule has 1 saturated carbocycles. The lowest BCUT2D eigenvalue weighted by atomic mass is 9.79. The molecule has 1 aliphatic rings. The smallest absolute Gasteiger partial charge is 0.123 e. The van der Waals surface area contributed by atoms with Crippen molar-refractivity contribution >= 4 is 5.69 Å². The van der Waals surface area contributed by atoms with Gasteiger partial charge < -0.3 is 5.32 Å². The van der Waals surface area contributed by atoms with Crippen molar-refractivity contribution in [2.24, 2.45) is 11.8 Å². The van der Waals surface area contributed by atoms with Gasteiger partial charge in [0.2, 0.25) is 0 Å². The zero-order valence-corrected chi connectivity index (χ0v) is 12.2. The second kappa shape index (κ2) is 5.65. The second-order valence-electron chi connectivity index (χ2n) is 6.03. The van der Waals surface area contributed by atoms with Gasteiger partial charge in [-0.2, -0.15) is 0 Å². The van der Waals surface area contributed by atoms with E-state index in [1.807, 2.05) is 4.57 Å². The predicted octanol–water partition coefficient (Wildman–Crippen LogP) is 3.50. The normalized spacial score (nSPS) is 26.4. The topological polar surface area (TPSA) is 42.7 Å². The van der Waals surface area contributed by atoms with E-state index in [0.717, 1.165) is 17.5 Å². The lowest BCUT2D eigenvalue weighted by Gasteiger charge is -2.33. The van der Waals surface area contributed by atoms with Crippen molar-refractivity contribution < 1.29 is 0 Å². The van der Waals surface area contributed by atoms with Crippen molar-refractivity contribution in [3.05, 3.63) is 36.9 Å². The van der Waals surface area contributed by atoms with Crippen LogP contribution in [0.3, 0.4) is 0 Å². The molecule has 3 unspecified atom stereocenters. The fourth-order valence-corrected chi connectivity index (χ4v) is 3.00. The Bertz CT molecular complexity index is 549. The van der Waals surface area contributed by atoms with E-state index in [-0.39, 0.29) is 0 Å². The molecule has 0 saturated heterocycles. The number of hydrogen-bond acceptors (Lipinski definition) is 3. The van der Waals surface area contributed by atoms with Crippen LogP contribution in [0.5, 0.6) is 0 Å². The molecule has 4 nitrogen and oxygen atoms in total. The number of anilines is 1. The van der Waals surface area contributed by atoms with Crippen LogP contribution in [-0.4, -0.2) is 20.8 Å². The van der Waals surface area contributed by atoms with Crippen LogP contribution < -0.4 is 5.32 Å². The Labute approximate surface area is 120 Å². The summed E-state index contributed by atoms with van der Waals surface area (Å²) in [6.07, 6.45) is 7.30. The third-order valence-corrected chi connectivity index (χ3v) is 4.53. The number of benzene rings is 1. The molecule has 0 aliphatic heterocycles. The van der Waals surface area contributed by atoms with Gasteiger partial charge in [-0.1, -0.05) is 19.9 Å². The summed E-state index contributed by atoms with van der Waals surface area (Å²) in [4.78, 5) is 0. The summed E-state index contributed by atoms with van der Waals surface area (Å²) in [6, 6.07) is 9.03. The van der Waals surface area contributed by atoms with Crippen LogP contribution in [0.1, 0.15) is 33.1 Å². The van der Waals surface area contributed by atoms with E-state index in [9.17, 15) is 0 Å². The fraction of sp³-hybridized carbons (Fsp3) is 0.500. The quantitative estimate of drug-likeness (QED) is 0.928. The molecule has 0 bridgehead atoms. The Balaban J connectivity index is 1.70. The Morgan fingerprint density at radius 3 is 2.65 bits per heavy atom. The SMILES string of the molecule is CC1CCC(Nc2cccc(-n3cnnc3)c2)CC1C. The number of rotatable bonds is 3. The number of hydrogen-bond donors (Lipinski definition) is 1. The molecule has 1 heterocycles. The number of aromatic nitrogens is 3. The molecular weight excluding hydrogens is 248 g/mol. The van der Waals surface area contributed by atoms with Crippen LogP contribution in [0.2, 0.25) is 0 Å². The molecule has 4 heteroatoms. The first-order valence-electron chi connectivity index (χ1n) is 7.44. The third-order valence-electron chi connectivity index (χ3n) is 4.53. The largest absolute Gasteiger partial charge is 0.382 e. The average Bonchev–Trinajstić information content (AvgIpc) is 2.97. The van der Waals surface area contributed by atoms with Gasteiger partial charge in [0.05, 0.1) is 5.69 Å². The maximum Gasteiger partial charge on any atom is 0.123 e. The van der Waals surface area contributed by atoms with Crippen molar-refractivity contribution in [3.63, 3.8) is 0 Å². The van der Waals surface area contributed by atoms with E-state index in [0.29, 0.717) is 6.04 Å². The first-order valence-corrected chi connectivity index (χ1v) is 7.44. The van der Waals surface area contributed by atoms with Crippen molar-refractivity contribution in [1.29, 1.82) is 0 Å². The molecule has 3 atom stereocenters. The molecule has 3 rings (SSSR count). The van der Waals surface area contributed by atoms with Gasteiger partial charge in [0, 0.05) is 11.7 Å². The molecule has 0 amide bonds. The van der Waals surface area contributed by atoms with Crippen molar-refractivity contribution in [1.82, 2.24) is 14.8 Å². The van der Waals surface area contributed by atoms with Crippen molar-refractivity contribution in [3.8, 4) is 5.69 Å². The summed E-state index contributed by atoms with van der Waals surface area (Å²) in [5, 5.41) is 11.4. The molecule has 1 fully saturated rings. The number of nitrogens with one attached hydrogen (secondary N) is 1. The van der Waals surface area contributed by atoms with Gasteiger partial charge in [0.25, 0.3) is 0 Å². The minimum absolute atomic E-state index is 0.595. The minimum Gasteiger partial charge on any atom is -0.382 e. The van der Waals surface area contributed by atoms with Gasteiger partial charge in [0.15, 0.2) is 0 Å². The van der Waals surface area contributed by atoms with Crippen molar-refractivity contribution in [2.45, 2.75) is 39.2 Å². The molecule has 1 aliphatic carbocycles. The van der Waals surface area contributed by atoms with Crippen molar-refractivity contribution in [2.75, 3.05) is 5.32 Å². The zero-order chi connectivity index (χ0) is 13.9. The molecule has 2 aromatic rings. The second-order valence-corrected chi connectivity index (χ2v) is 6.03. The first kappa shape index (κ1) is 13.2. The van der Waals surface area contributed by atoms with Crippen LogP contribution >= 0.6 is 0 Å². The summed E-state index contributed by atoms with van der Waals surface area (Å²) >= 11 is 0. The maximum absolute atomic E-state index is 3.85. The third kappa shape index (κ3) is 2.84. The highest BCUT2D eigenvalue weighted by Gasteiger charge is 2.24. The van der Waals surface area contributed by atoms with E-state index in [1.165, 1.54) is 24.9 Å². The lowest BCUT2D eigenvalue weighted by Crippen LogP contribution is -2.30. The van der Waals surface area contributed by atoms with Crippen LogP contribution in [-0.2, 0) is 0 Å². The van der Waals surface area contributed by atoms with Gasteiger partial charge in [-0.25, -0.2) is 0 Å². The Hall–Kier alpha value is -1.84. The monoisotopic (exact) mass is 270 g/mol. The molecule has 0 radical (unpaired) electrons. The standard InChI is InChI=1S/C16H22N4/c1-12-6-7-15(8-13(12)2)19-14-4-3-5-16(9-14)20-10-17-18-11-20/h3-5,9-13,15,19H,6-8H2,1-2H3. The van der Waals surface area contributed by atoms with E-state index < -0.39 is 0 Å². The first-order chi connectivity index (χ1) is 9.72. The lowest BCUT2D eigenvalue weighted by molar-refractivity contribution is 0.261. The molecule has 0 spiro atoms. The summed E-state index contributed by atoms with van der Waals surface area (Å²) in [5.41, 5.74) is 2.28. The molecule has 1 N–H and O–H groups in total. The van der Waals surface area contributed by atoms with Crippen LogP contribution in [0.4, 0.5) is 5.69 Å². The molecule has 1 aromatic carbocycles. The summed E-state index contributed by atoms with van der Waals surface area (Å²) < 4.78 is 1.93. The summed E-state index contributed by atoms with van der Waals surface area (Å²) in [7, 11) is 0. The van der Waals surface area contributed by atoms with E-state index in [1.54, 1.807) is 12.7 Å².